The van der Waals surface area contributed by atoms with E-state index in [-0.39, 0.29) is 26.1 Å². The molecule has 0 aliphatic carbocycles. The summed E-state index contributed by atoms with van der Waals surface area (Å²) in [4.78, 5) is 38.1. The van der Waals surface area contributed by atoms with Crippen LogP contribution in [0.1, 0.15) is 309 Å². The molecule has 0 fully saturated rings. The van der Waals surface area contributed by atoms with E-state index in [1.54, 1.807) is 0 Å². The lowest BCUT2D eigenvalue weighted by Gasteiger charge is -2.28. The number of carbonyl (C=O) groups is 2. The summed E-state index contributed by atoms with van der Waals surface area (Å²) in [6.45, 7) is 4.06. The van der Waals surface area contributed by atoms with E-state index in [1.807, 2.05) is 27.2 Å². The van der Waals surface area contributed by atoms with Gasteiger partial charge in [-0.2, -0.15) is 0 Å². The molecule has 0 N–H and O–H groups in total. The topological polar surface area (TPSA) is 111 Å². The van der Waals surface area contributed by atoms with E-state index in [0.29, 0.717) is 23.9 Å². The van der Waals surface area contributed by atoms with Crippen LogP contribution in [0.4, 0.5) is 0 Å². The Bertz CT molecular complexity index is 2070. The minimum atomic E-state index is -4.67. The second-order valence-corrected chi connectivity index (χ2v) is 27.3. The number of phosphoric ester groups is 1. The summed E-state index contributed by atoms with van der Waals surface area (Å²) in [6.07, 6.45) is 105. The van der Waals surface area contributed by atoms with Crippen molar-refractivity contribution in [2.45, 2.75) is 315 Å². The first kappa shape index (κ1) is 87.9. The van der Waals surface area contributed by atoms with Gasteiger partial charge in [-0.1, -0.05) is 327 Å². The SMILES string of the molecule is CC/C=C\C/C=C\C/C=C\C/C=C\C/C=C\C/C=C\C/C=C\C/C=C\C/C=C\CCCC(=O)OC(COC(=O)CCCCCCCCCCCCCCCCCCCCCCCCCC/C=C\C/C=C\C/C=C\CCCCCCC)COP(=O)([O-])OCC[N+](C)(C)C. The van der Waals surface area contributed by atoms with Gasteiger partial charge in [0.05, 0.1) is 27.7 Å². The summed E-state index contributed by atoms with van der Waals surface area (Å²) in [7, 11) is 1.12. The largest absolute Gasteiger partial charge is 0.756 e. The Morgan fingerprint density at radius 3 is 0.957 bits per heavy atom. The van der Waals surface area contributed by atoms with Gasteiger partial charge in [-0.05, 0) is 116 Å². The van der Waals surface area contributed by atoms with Gasteiger partial charge in [0.1, 0.15) is 19.8 Å². The highest BCUT2D eigenvalue weighted by molar-refractivity contribution is 7.45. The highest BCUT2D eigenvalue weighted by atomic mass is 31.2. The quantitative estimate of drug-likeness (QED) is 0.0195. The smallest absolute Gasteiger partial charge is 0.306 e. The zero-order chi connectivity index (χ0) is 66.9. The average Bonchev–Trinajstić information content (AvgIpc) is 2.14. The number of unbranched alkanes of at least 4 members (excludes halogenated alkanes) is 30. The highest BCUT2D eigenvalue weighted by Crippen LogP contribution is 2.38. The highest BCUT2D eigenvalue weighted by Gasteiger charge is 2.22. The number of esters is 2. The van der Waals surface area contributed by atoms with Gasteiger partial charge in [-0.15, -0.1) is 0 Å². The first-order chi connectivity index (χ1) is 45.0. The van der Waals surface area contributed by atoms with Crippen LogP contribution in [0.2, 0.25) is 0 Å². The van der Waals surface area contributed by atoms with E-state index in [1.165, 1.54) is 180 Å². The molecule has 0 aliphatic heterocycles. The summed E-state index contributed by atoms with van der Waals surface area (Å²) in [6, 6.07) is 0. The second-order valence-electron chi connectivity index (χ2n) is 25.9. The number of phosphoric acid groups is 1. The summed E-state index contributed by atoms with van der Waals surface area (Å²) in [5, 5.41) is 0. The van der Waals surface area contributed by atoms with Gasteiger partial charge in [-0.3, -0.25) is 14.2 Å². The molecule has 0 radical (unpaired) electrons. The van der Waals surface area contributed by atoms with Crippen molar-refractivity contribution in [2.75, 3.05) is 47.5 Å². The first-order valence-electron chi connectivity index (χ1n) is 37.5. The molecule has 0 spiro atoms. The number of nitrogens with zero attached hydrogens (tertiary/aromatic N) is 1. The van der Waals surface area contributed by atoms with Gasteiger partial charge in [0.2, 0.25) is 0 Å². The van der Waals surface area contributed by atoms with Crippen molar-refractivity contribution >= 4 is 19.8 Å². The Morgan fingerprint density at radius 1 is 0.348 bits per heavy atom. The van der Waals surface area contributed by atoms with Gasteiger partial charge in [0, 0.05) is 12.8 Å². The Labute approximate surface area is 567 Å². The molecule has 2 unspecified atom stereocenters. The molecule has 92 heavy (non-hydrogen) atoms. The average molecular weight is 1300 g/mol. The lowest BCUT2D eigenvalue weighted by molar-refractivity contribution is -0.870. The van der Waals surface area contributed by atoms with Crippen molar-refractivity contribution < 1.29 is 42.1 Å². The molecule has 0 aromatic rings. The summed E-state index contributed by atoms with van der Waals surface area (Å²) in [5.41, 5.74) is 0. The third-order valence-corrected chi connectivity index (χ3v) is 16.8. The Kier molecular flexibility index (Phi) is 68.0. The molecule has 0 saturated carbocycles. The van der Waals surface area contributed by atoms with Crippen LogP contribution >= 0.6 is 7.82 Å². The third kappa shape index (κ3) is 74.9. The molecule has 526 valence electrons. The van der Waals surface area contributed by atoms with Crippen molar-refractivity contribution in [1.82, 2.24) is 0 Å². The van der Waals surface area contributed by atoms with Gasteiger partial charge < -0.3 is 27.9 Å². The van der Waals surface area contributed by atoms with Crippen molar-refractivity contribution in [3.05, 3.63) is 146 Å². The molecule has 0 aliphatic rings. The Hall–Kier alpha value is -4.11. The summed E-state index contributed by atoms with van der Waals surface area (Å²) >= 11 is 0. The van der Waals surface area contributed by atoms with E-state index >= 15 is 0 Å². The number of likely N-dealkylation sites (N-methyl/N-ethyl adjacent to an activating group) is 1. The number of carbonyl (C=O) groups excluding carboxylic acids is 2. The minimum absolute atomic E-state index is 0.0480. The minimum Gasteiger partial charge on any atom is -0.756 e. The molecule has 0 bridgehead atoms. The van der Waals surface area contributed by atoms with Crippen LogP contribution in [0.3, 0.4) is 0 Å². The molecular formula is C82H140NO8P. The van der Waals surface area contributed by atoms with Crippen molar-refractivity contribution in [3.8, 4) is 0 Å². The van der Waals surface area contributed by atoms with Crippen LogP contribution in [0, 0.1) is 0 Å². The Morgan fingerprint density at radius 2 is 0.630 bits per heavy atom. The van der Waals surface area contributed by atoms with Crippen molar-refractivity contribution in [2.24, 2.45) is 0 Å². The fraction of sp³-hybridized carbons (Fsp3) is 0.683. The standard InChI is InChI=1S/C82H140NO8P/c1-6-8-10-12-14-16-18-20-22-24-26-28-30-32-34-36-37-38-39-40-41-42-43-44-45-47-48-50-52-54-56-58-60-62-64-66-68-70-72-74-81(84)88-78-80(79-90-92(86,87)89-77-76-83(3,4)5)91-82(85)75-73-71-69-67-65-63-61-59-57-55-53-51-49-46-35-33-31-29-27-25-23-21-19-17-15-13-11-9-7-2/h9,11,15,17-18,20-21,23-24,26-27,29-30,32-33,35,49,51,55,57,61,63,67,69,80H,6-8,10,12-14,16,19,22,25,28,31,34,36-48,50,52-54,56,58-60,62,64-66,68,70-79H2,1-5H3/b11-9-,17-15-,20-18-,23-21-,26-24-,29-27-,32-30-,35-33-,51-49-,57-55-,63-61-,69-67-. The van der Waals surface area contributed by atoms with E-state index in [0.717, 1.165) is 89.9 Å². The zero-order valence-electron chi connectivity index (χ0n) is 59.9. The molecule has 2 atom stereocenters. The first-order valence-corrected chi connectivity index (χ1v) is 39.0. The fourth-order valence-electron chi connectivity index (χ4n) is 10.1. The number of allylic oxidation sites excluding steroid dienone is 24. The monoisotopic (exact) mass is 1300 g/mol. The van der Waals surface area contributed by atoms with Crippen LogP contribution in [0.5, 0.6) is 0 Å². The van der Waals surface area contributed by atoms with Gasteiger partial charge in [0.25, 0.3) is 7.82 Å². The second kappa shape index (κ2) is 71.2. The predicted molar refractivity (Wildman–Crippen MR) is 397 cm³/mol. The predicted octanol–water partition coefficient (Wildman–Crippen LogP) is 24.3. The van der Waals surface area contributed by atoms with Crippen LogP contribution in [0.25, 0.3) is 0 Å². The zero-order valence-corrected chi connectivity index (χ0v) is 60.8. The number of hydrogen-bond acceptors (Lipinski definition) is 8. The maximum Gasteiger partial charge on any atom is 0.306 e. The van der Waals surface area contributed by atoms with E-state index in [2.05, 4.69) is 154 Å². The number of ether oxygens (including phenoxy) is 2. The van der Waals surface area contributed by atoms with E-state index < -0.39 is 32.5 Å². The molecule has 0 rings (SSSR count). The maximum absolute atomic E-state index is 12.8. The number of quaternary nitrogens is 1. The summed E-state index contributed by atoms with van der Waals surface area (Å²) in [5.74, 6) is -0.903. The van der Waals surface area contributed by atoms with Crippen LogP contribution in [-0.2, 0) is 32.7 Å². The summed E-state index contributed by atoms with van der Waals surface area (Å²) < 4.78 is 34.2. The number of rotatable bonds is 68. The van der Waals surface area contributed by atoms with E-state index in [4.69, 9.17) is 18.5 Å². The van der Waals surface area contributed by atoms with Crippen LogP contribution in [0.15, 0.2) is 146 Å². The van der Waals surface area contributed by atoms with Crippen LogP contribution < -0.4 is 4.89 Å². The normalized spacial score (nSPS) is 13.9. The molecular weight excluding hydrogens is 1160 g/mol. The molecule has 0 aromatic heterocycles. The lowest BCUT2D eigenvalue weighted by atomic mass is 10.0. The van der Waals surface area contributed by atoms with Gasteiger partial charge in [-0.25, -0.2) is 0 Å². The maximum atomic E-state index is 12.8. The molecule has 9 nitrogen and oxygen atoms in total. The molecule has 0 heterocycles. The van der Waals surface area contributed by atoms with Crippen LogP contribution in [-0.4, -0.2) is 70.0 Å². The molecule has 0 aromatic carbocycles. The third-order valence-electron chi connectivity index (χ3n) is 15.8. The van der Waals surface area contributed by atoms with Crippen molar-refractivity contribution in [3.63, 3.8) is 0 Å². The number of hydrogen-bond donors (Lipinski definition) is 0. The van der Waals surface area contributed by atoms with Gasteiger partial charge >= 0.3 is 11.9 Å². The van der Waals surface area contributed by atoms with Gasteiger partial charge in [0.15, 0.2) is 6.10 Å². The lowest BCUT2D eigenvalue weighted by Crippen LogP contribution is -2.37. The molecule has 10 heteroatoms. The van der Waals surface area contributed by atoms with E-state index in [9.17, 15) is 19.0 Å². The van der Waals surface area contributed by atoms with Crippen molar-refractivity contribution in [1.29, 1.82) is 0 Å². The fourth-order valence-corrected chi connectivity index (χ4v) is 10.9. The molecule has 0 amide bonds. The molecule has 0 saturated heterocycles. The Balaban J connectivity index is 4.06.